The monoisotopic (exact) mass is 307 g/mol. The van der Waals surface area contributed by atoms with E-state index in [-0.39, 0.29) is 61.3 Å². The predicted octanol–water partition coefficient (Wildman–Crippen LogP) is -5.25. The summed E-state index contributed by atoms with van der Waals surface area (Å²) < 4.78 is 0. The van der Waals surface area contributed by atoms with Gasteiger partial charge in [0.1, 0.15) is 0 Å². The van der Waals surface area contributed by atoms with Crippen molar-refractivity contribution in [3.63, 3.8) is 0 Å². The smallest absolute Gasteiger partial charge is 0.870 e. The molecule has 0 saturated carbocycles. The molecule has 11 heavy (non-hydrogen) atoms. The molecule has 0 aliphatic carbocycles. The van der Waals surface area contributed by atoms with Crippen molar-refractivity contribution in [2.45, 2.75) is 0 Å². The molecule has 77 valence electrons. The molecule has 0 aromatic heterocycles. The minimum Gasteiger partial charge on any atom is -0.870 e. The molecule has 2 N–H and O–H groups in total. The molecule has 0 heterocycles. The second-order valence-electron chi connectivity index (χ2n) is 0.136. The Balaban J connectivity index is -0.00000000400. The van der Waals surface area contributed by atoms with E-state index >= 15 is 0 Å². The molecular formula is H2Co3O8. The summed E-state index contributed by atoms with van der Waals surface area (Å²) in [5.41, 5.74) is 0. The number of hydrogen-bond acceptors (Lipinski definition) is 8. The third kappa shape index (κ3) is 659. The van der Waals surface area contributed by atoms with Crippen LogP contribution in [-0.2, 0) is 60.4 Å². The normalized spacial score (nSPS) is 3.27. The Morgan fingerprint density at radius 3 is 0.545 bits per heavy atom. The zero-order chi connectivity index (χ0) is 5.41. The van der Waals surface area contributed by atoms with Crippen molar-refractivity contribution < 1.29 is 92.4 Å². The first-order valence-electron chi connectivity index (χ1n) is 0.667. The van der Waals surface area contributed by atoms with Crippen LogP contribution in [0, 0.1) is 0 Å². The topological polar surface area (TPSA) is 171 Å². The fraction of sp³-hybridized carbons (Fsp3) is 0. The molecule has 0 atom stereocenters. The standard InChI is InChI=1S/3Co.2H2O3.2H2O/c;;;2*1-3-2;;/h;;;2*1-2H;2*1H2/q3*+2;;;;/p-6. The Labute approximate surface area is 92.4 Å². The molecule has 0 aromatic carbocycles. The van der Waals surface area contributed by atoms with Gasteiger partial charge in [-0.15, -0.1) is 0 Å². The van der Waals surface area contributed by atoms with E-state index in [4.69, 9.17) is 21.0 Å². The molecule has 11 heteroatoms. The number of rotatable bonds is 0. The van der Waals surface area contributed by atoms with E-state index in [1.165, 1.54) is 0 Å². The van der Waals surface area contributed by atoms with Crippen LogP contribution in [0.15, 0.2) is 0 Å². The van der Waals surface area contributed by atoms with Crippen LogP contribution in [0.2, 0.25) is 0 Å². The van der Waals surface area contributed by atoms with Gasteiger partial charge in [0, 0.05) is 0 Å². The third-order valence-corrected chi connectivity index (χ3v) is 0. The Morgan fingerprint density at radius 2 is 0.545 bits per heavy atom. The molecule has 3 radical (unpaired) electrons. The van der Waals surface area contributed by atoms with Crippen LogP contribution in [0.25, 0.3) is 0 Å². The number of hydrogen-bond donors (Lipinski definition) is 0. The van der Waals surface area contributed by atoms with Crippen molar-refractivity contribution in [1.29, 1.82) is 0 Å². The summed E-state index contributed by atoms with van der Waals surface area (Å²) in [7, 11) is 0. The molecule has 0 unspecified atom stereocenters. The van der Waals surface area contributed by atoms with Gasteiger partial charge >= 0.3 is 50.3 Å². The van der Waals surface area contributed by atoms with E-state index in [0.29, 0.717) is 0 Å². The zero-order valence-corrected chi connectivity index (χ0v) is 7.47. The molecule has 0 aromatic rings. The zero-order valence-electron chi connectivity index (χ0n) is 4.34. The van der Waals surface area contributed by atoms with Crippen molar-refractivity contribution in [1.82, 2.24) is 0 Å². The van der Waals surface area contributed by atoms with Crippen LogP contribution in [-0.4, -0.2) is 11.0 Å². The van der Waals surface area contributed by atoms with Crippen LogP contribution in [0.4, 0.5) is 0 Å². The summed E-state index contributed by atoms with van der Waals surface area (Å²) in [5, 5.41) is 35.0. The first-order valence-corrected chi connectivity index (χ1v) is 0.667. The van der Waals surface area contributed by atoms with Crippen LogP contribution in [0.5, 0.6) is 0 Å². The Hall–Kier alpha value is 1.20. The molecule has 8 nitrogen and oxygen atoms in total. The van der Waals surface area contributed by atoms with Gasteiger partial charge in [0.05, 0.1) is 0 Å². The Kier molecular flexibility index (Phi) is 586. The maximum absolute atomic E-state index is 7.88. The summed E-state index contributed by atoms with van der Waals surface area (Å²) in [4.78, 5) is 0. The Bertz CT molecular complexity index is 11.3. The summed E-state index contributed by atoms with van der Waals surface area (Å²) >= 11 is 0. The second kappa shape index (κ2) is 114. The van der Waals surface area contributed by atoms with E-state index in [1.54, 1.807) is 10.1 Å². The molecule has 0 aliphatic rings. The minimum absolute atomic E-state index is 0. The maximum atomic E-state index is 7.88. The molecular weight excluding hydrogens is 305 g/mol. The van der Waals surface area contributed by atoms with Crippen molar-refractivity contribution in [2.24, 2.45) is 0 Å². The van der Waals surface area contributed by atoms with Crippen LogP contribution < -0.4 is 21.0 Å². The van der Waals surface area contributed by atoms with E-state index in [2.05, 4.69) is 0 Å². The minimum atomic E-state index is 0. The fourth-order valence-electron chi connectivity index (χ4n) is 0. The summed E-state index contributed by atoms with van der Waals surface area (Å²) in [6.07, 6.45) is 0. The average molecular weight is 307 g/mol. The second-order valence-corrected chi connectivity index (χ2v) is 0.136. The van der Waals surface area contributed by atoms with Crippen molar-refractivity contribution in [2.75, 3.05) is 0 Å². The summed E-state index contributed by atoms with van der Waals surface area (Å²) in [6, 6.07) is 0. The summed E-state index contributed by atoms with van der Waals surface area (Å²) in [6.45, 7) is 0. The van der Waals surface area contributed by atoms with E-state index in [1.807, 2.05) is 0 Å². The van der Waals surface area contributed by atoms with Gasteiger partial charge in [0.25, 0.3) is 0 Å². The molecule has 0 spiro atoms. The first-order chi connectivity index (χ1) is 2.83. The van der Waals surface area contributed by atoms with Gasteiger partial charge in [-0.05, 0) is 0 Å². The van der Waals surface area contributed by atoms with Gasteiger partial charge in [-0.2, -0.15) is 0 Å². The van der Waals surface area contributed by atoms with Gasteiger partial charge < -0.3 is 42.1 Å². The van der Waals surface area contributed by atoms with Gasteiger partial charge in [-0.1, -0.05) is 0 Å². The van der Waals surface area contributed by atoms with E-state index < -0.39 is 0 Å². The molecule has 0 saturated heterocycles. The Morgan fingerprint density at radius 1 is 0.545 bits per heavy atom. The van der Waals surface area contributed by atoms with Gasteiger partial charge in [-0.3, -0.25) is 0 Å². The van der Waals surface area contributed by atoms with Gasteiger partial charge in [0.2, 0.25) is 0 Å². The average Bonchev–Trinajstić information content (AvgIpc) is 1.39. The quantitative estimate of drug-likeness (QED) is 0.315. The van der Waals surface area contributed by atoms with Crippen molar-refractivity contribution in [3.05, 3.63) is 0 Å². The predicted molar refractivity (Wildman–Crippen MR) is 6.04 cm³/mol. The van der Waals surface area contributed by atoms with Gasteiger partial charge in [0.15, 0.2) is 0 Å². The molecule has 0 aliphatic heterocycles. The van der Waals surface area contributed by atoms with Gasteiger partial charge in [-0.25, -0.2) is 0 Å². The summed E-state index contributed by atoms with van der Waals surface area (Å²) in [5.74, 6) is 0. The molecule has 0 amide bonds. The SMILES string of the molecule is [Co+2].[Co+2].[Co+2].[O-]O[O-].[O-]O[O-].[OH-].[OH-]. The van der Waals surface area contributed by atoms with Crippen molar-refractivity contribution >= 4 is 0 Å². The van der Waals surface area contributed by atoms with E-state index in [9.17, 15) is 0 Å². The van der Waals surface area contributed by atoms with Crippen molar-refractivity contribution in [3.8, 4) is 0 Å². The fourth-order valence-corrected chi connectivity index (χ4v) is 0. The van der Waals surface area contributed by atoms with Crippen LogP contribution >= 0.6 is 0 Å². The first kappa shape index (κ1) is 56.6. The molecule has 0 rings (SSSR count). The third-order valence-electron chi connectivity index (χ3n) is 0. The largest absolute Gasteiger partial charge is 2.00 e. The molecule has 0 fully saturated rings. The van der Waals surface area contributed by atoms with E-state index in [0.717, 1.165) is 0 Å². The maximum Gasteiger partial charge on any atom is 2.00 e. The van der Waals surface area contributed by atoms with Crippen LogP contribution in [0.3, 0.4) is 0 Å². The van der Waals surface area contributed by atoms with Crippen LogP contribution in [0.1, 0.15) is 0 Å². The molecule has 0 bridgehead atoms.